The maximum absolute atomic E-state index is 11.2. The largest absolute Gasteiger partial charge is 0.487 e. The topological polar surface area (TPSA) is 93.1 Å². The summed E-state index contributed by atoms with van der Waals surface area (Å²) in [6, 6.07) is 5.00. The number of ether oxygens (including phenoxy) is 1. The number of nitro groups is 1. The molecule has 0 bridgehead atoms. The van der Waals surface area contributed by atoms with Gasteiger partial charge in [-0.3, -0.25) is 15.2 Å². The number of nitrogens with zero attached hydrogens (tertiary/aromatic N) is 2. The van der Waals surface area contributed by atoms with Crippen molar-refractivity contribution in [2.75, 3.05) is 11.9 Å². The molecule has 0 atom stereocenters. The highest BCUT2D eigenvalue weighted by atomic mass is 16.6. The van der Waals surface area contributed by atoms with Gasteiger partial charge in [0.25, 0.3) is 0 Å². The van der Waals surface area contributed by atoms with Crippen molar-refractivity contribution in [1.29, 1.82) is 0 Å². The second kappa shape index (κ2) is 6.55. The lowest BCUT2D eigenvalue weighted by atomic mass is 10.2. The van der Waals surface area contributed by atoms with Gasteiger partial charge in [-0.05, 0) is 18.6 Å². The van der Waals surface area contributed by atoms with Crippen LogP contribution in [-0.2, 0) is 6.54 Å². The molecule has 0 aliphatic carbocycles. The fourth-order valence-corrected chi connectivity index (χ4v) is 1.75. The smallest absolute Gasteiger partial charge is 0.333 e. The number of H-pyrrole nitrogens is 1. The molecule has 0 fully saturated rings. The first-order chi connectivity index (χ1) is 9.72. The van der Waals surface area contributed by atoms with E-state index in [1.165, 1.54) is 0 Å². The van der Waals surface area contributed by atoms with E-state index >= 15 is 0 Å². The molecular weight excluding hydrogens is 260 g/mol. The third kappa shape index (κ3) is 3.25. The van der Waals surface area contributed by atoms with Crippen LogP contribution in [0.2, 0.25) is 0 Å². The molecule has 7 heteroatoms. The average molecular weight is 276 g/mol. The van der Waals surface area contributed by atoms with E-state index in [1.54, 1.807) is 30.6 Å². The van der Waals surface area contributed by atoms with Crippen molar-refractivity contribution in [3.05, 3.63) is 46.3 Å². The summed E-state index contributed by atoms with van der Waals surface area (Å²) in [5, 5.41) is 20.8. The van der Waals surface area contributed by atoms with E-state index in [-0.39, 0.29) is 11.4 Å². The molecule has 106 valence electrons. The molecule has 0 saturated heterocycles. The van der Waals surface area contributed by atoms with Gasteiger partial charge in [0.1, 0.15) is 5.69 Å². The standard InChI is InChI=1S/C13H16N4O3/c1-2-6-20-12-5-3-4-11(13(12)17(18)19)14-7-10-8-15-16-9-10/h3-5,8-9,14H,2,6-7H2,1H3,(H,15,16). The second-order valence-corrected chi connectivity index (χ2v) is 4.22. The zero-order chi connectivity index (χ0) is 14.4. The number of hydrogen-bond acceptors (Lipinski definition) is 5. The Morgan fingerprint density at radius 2 is 2.35 bits per heavy atom. The summed E-state index contributed by atoms with van der Waals surface area (Å²) in [6.07, 6.45) is 4.19. The Balaban J connectivity index is 2.20. The number of aromatic amines is 1. The number of anilines is 1. The van der Waals surface area contributed by atoms with Crippen molar-refractivity contribution in [2.24, 2.45) is 0 Å². The molecule has 1 aromatic carbocycles. The lowest BCUT2D eigenvalue weighted by Crippen LogP contribution is -2.05. The molecule has 0 radical (unpaired) electrons. The van der Waals surface area contributed by atoms with E-state index in [9.17, 15) is 10.1 Å². The number of nitrogens with one attached hydrogen (secondary N) is 2. The maximum atomic E-state index is 11.2. The maximum Gasteiger partial charge on any atom is 0.333 e. The lowest BCUT2D eigenvalue weighted by molar-refractivity contribution is -0.385. The molecule has 1 heterocycles. The summed E-state index contributed by atoms with van der Waals surface area (Å²) in [4.78, 5) is 10.8. The van der Waals surface area contributed by atoms with Crippen LogP contribution in [0.1, 0.15) is 18.9 Å². The van der Waals surface area contributed by atoms with Crippen LogP contribution in [0.25, 0.3) is 0 Å². The highest BCUT2D eigenvalue weighted by Gasteiger charge is 2.20. The van der Waals surface area contributed by atoms with Crippen LogP contribution in [0, 0.1) is 10.1 Å². The highest BCUT2D eigenvalue weighted by molar-refractivity contribution is 5.68. The molecule has 2 aromatic rings. The van der Waals surface area contributed by atoms with Crippen LogP contribution in [0.3, 0.4) is 0 Å². The zero-order valence-corrected chi connectivity index (χ0v) is 11.1. The van der Waals surface area contributed by atoms with E-state index in [4.69, 9.17) is 4.74 Å². The van der Waals surface area contributed by atoms with Crippen molar-refractivity contribution in [1.82, 2.24) is 10.2 Å². The van der Waals surface area contributed by atoms with E-state index in [1.807, 2.05) is 6.92 Å². The predicted octanol–water partition coefficient (Wildman–Crippen LogP) is 2.72. The zero-order valence-electron chi connectivity index (χ0n) is 11.1. The quantitative estimate of drug-likeness (QED) is 0.599. The normalized spacial score (nSPS) is 10.2. The molecular formula is C13H16N4O3. The molecule has 2 N–H and O–H groups in total. The minimum absolute atomic E-state index is 0.0376. The Morgan fingerprint density at radius 3 is 3.00 bits per heavy atom. The molecule has 0 amide bonds. The number of benzene rings is 1. The van der Waals surface area contributed by atoms with Crippen molar-refractivity contribution in [2.45, 2.75) is 19.9 Å². The van der Waals surface area contributed by atoms with Gasteiger partial charge in [-0.15, -0.1) is 0 Å². The summed E-state index contributed by atoms with van der Waals surface area (Å²) in [5.41, 5.74) is 1.31. The minimum atomic E-state index is -0.428. The molecule has 1 aromatic heterocycles. The first-order valence-corrected chi connectivity index (χ1v) is 6.34. The SMILES string of the molecule is CCCOc1cccc(NCc2cn[nH]c2)c1[N+](=O)[O-]. The molecule has 20 heavy (non-hydrogen) atoms. The van der Waals surface area contributed by atoms with Gasteiger partial charge in [0.05, 0.1) is 17.7 Å². The Labute approximate surface area is 116 Å². The van der Waals surface area contributed by atoms with E-state index < -0.39 is 4.92 Å². The summed E-state index contributed by atoms with van der Waals surface area (Å²) in [7, 11) is 0. The summed E-state index contributed by atoms with van der Waals surface area (Å²) >= 11 is 0. The molecule has 0 spiro atoms. The second-order valence-electron chi connectivity index (χ2n) is 4.22. The molecule has 0 aliphatic rings. The third-order valence-electron chi connectivity index (χ3n) is 2.68. The summed E-state index contributed by atoms with van der Waals surface area (Å²) in [5.74, 6) is 0.286. The number of aromatic nitrogens is 2. The Kier molecular flexibility index (Phi) is 4.54. The molecule has 0 saturated carbocycles. The highest BCUT2D eigenvalue weighted by Crippen LogP contribution is 2.35. The van der Waals surface area contributed by atoms with Crippen LogP contribution >= 0.6 is 0 Å². The minimum Gasteiger partial charge on any atom is -0.487 e. The molecule has 2 rings (SSSR count). The first kappa shape index (κ1) is 13.9. The fourth-order valence-electron chi connectivity index (χ4n) is 1.75. The monoisotopic (exact) mass is 276 g/mol. The van der Waals surface area contributed by atoms with Gasteiger partial charge >= 0.3 is 5.69 Å². The third-order valence-corrected chi connectivity index (χ3v) is 2.68. The van der Waals surface area contributed by atoms with Gasteiger partial charge in [-0.25, -0.2) is 0 Å². The summed E-state index contributed by atoms with van der Waals surface area (Å²) < 4.78 is 5.43. The van der Waals surface area contributed by atoms with Crippen molar-refractivity contribution in [3.8, 4) is 5.75 Å². The first-order valence-electron chi connectivity index (χ1n) is 6.34. The van der Waals surface area contributed by atoms with Gasteiger partial charge < -0.3 is 10.1 Å². The van der Waals surface area contributed by atoms with E-state index in [0.717, 1.165) is 12.0 Å². The van der Waals surface area contributed by atoms with Crippen molar-refractivity contribution in [3.63, 3.8) is 0 Å². The number of nitro benzene ring substituents is 1. The molecule has 0 unspecified atom stereocenters. The Morgan fingerprint density at radius 1 is 1.50 bits per heavy atom. The van der Waals surface area contributed by atoms with E-state index in [0.29, 0.717) is 18.8 Å². The predicted molar refractivity (Wildman–Crippen MR) is 74.8 cm³/mol. The van der Waals surface area contributed by atoms with Crippen LogP contribution in [0.15, 0.2) is 30.6 Å². The van der Waals surface area contributed by atoms with Crippen molar-refractivity contribution >= 4 is 11.4 Å². The van der Waals surface area contributed by atoms with Gasteiger partial charge in [0.15, 0.2) is 5.75 Å². The van der Waals surface area contributed by atoms with Gasteiger partial charge in [0, 0.05) is 18.3 Å². The Hall–Kier alpha value is -2.57. The van der Waals surface area contributed by atoms with Crippen LogP contribution < -0.4 is 10.1 Å². The number of rotatable bonds is 7. The Bertz CT molecular complexity index is 569. The van der Waals surface area contributed by atoms with Crippen LogP contribution in [-0.4, -0.2) is 21.7 Å². The fraction of sp³-hybridized carbons (Fsp3) is 0.308. The molecule has 0 aliphatic heterocycles. The van der Waals surface area contributed by atoms with Gasteiger partial charge in [-0.2, -0.15) is 5.10 Å². The van der Waals surface area contributed by atoms with Crippen LogP contribution in [0.4, 0.5) is 11.4 Å². The van der Waals surface area contributed by atoms with Crippen molar-refractivity contribution < 1.29 is 9.66 Å². The lowest BCUT2D eigenvalue weighted by Gasteiger charge is -2.10. The van der Waals surface area contributed by atoms with Gasteiger partial charge in [0.2, 0.25) is 0 Å². The number of hydrogen-bond donors (Lipinski definition) is 2. The van der Waals surface area contributed by atoms with E-state index in [2.05, 4.69) is 15.5 Å². The summed E-state index contributed by atoms with van der Waals surface area (Å²) in [6.45, 7) is 2.85. The number of para-hydroxylation sites is 1. The van der Waals surface area contributed by atoms with Gasteiger partial charge in [-0.1, -0.05) is 13.0 Å². The van der Waals surface area contributed by atoms with Crippen LogP contribution in [0.5, 0.6) is 5.75 Å². The average Bonchev–Trinajstić information content (AvgIpc) is 2.95. The molecule has 7 nitrogen and oxygen atoms in total.